The van der Waals surface area contributed by atoms with Crippen molar-refractivity contribution in [1.82, 2.24) is 5.43 Å². The van der Waals surface area contributed by atoms with Gasteiger partial charge in [-0.25, -0.2) is 10.2 Å². The molecule has 0 aliphatic carbocycles. The number of hydrogen-bond donors (Lipinski definition) is 2. The van der Waals surface area contributed by atoms with Crippen LogP contribution in [-0.2, 0) is 4.79 Å². The Morgan fingerprint density at radius 2 is 1.72 bits per heavy atom. The SMILES string of the molecule is Cc1cccc(C(=O)Oc2ccc(/C=N\NC(=O)[C@H](O)c3ccccc3)cc2)c1. The number of esters is 1. The van der Waals surface area contributed by atoms with E-state index in [1.165, 1.54) is 6.21 Å². The van der Waals surface area contributed by atoms with E-state index in [4.69, 9.17) is 4.74 Å². The molecule has 0 saturated carbocycles. The van der Waals surface area contributed by atoms with Crippen LogP contribution in [0.3, 0.4) is 0 Å². The summed E-state index contributed by atoms with van der Waals surface area (Å²) in [5.74, 6) is -0.661. The van der Waals surface area contributed by atoms with Crippen LogP contribution in [0, 0.1) is 6.92 Å². The molecule has 0 aromatic heterocycles. The number of carbonyl (C=O) groups is 2. The lowest BCUT2D eigenvalue weighted by molar-refractivity contribution is -0.129. The summed E-state index contributed by atoms with van der Waals surface area (Å²) in [5.41, 5.74) is 4.93. The molecular weight excluding hydrogens is 368 g/mol. The number of nitrogens with zero attached hydrogens (tertiary/aromatic N) is 1. The quantitative estimate of drug-likeness (QED) is 0.293. The Morgan fingerprint density at radius 3 is 2.41 bits per heavy atom. The number of ether oxygens (including phenoxy) is 1. The first-order valence-electron chi connectivity index (χ1n) is 8.98. The summed E-state index contributed by atoms with van der Waals surface area (Å²) < 4.78 is 5.35. The highest BCUT2D eigenvalue weighted by Crippen LogP contribution is 2.15. The van der Waals surface area contributed by atoms with Crippen molar-refractivity contribution >= 4 is 18.1 Å². The molecule has 0 fully saturated rings. The topological polar surface area (TPSA) is 88.0 Å². The zero-order valence-electron chi connectivity index (χ0n) is 15.8. The molecule has 0 radical (unpaired) electrons. The van der Waals surface area contributed by atoms with Gasteiger partial charge in [0.05, 0.1) is 11.8 Å². The minimum atomic E-state index is -1.29. The average Bonchev–Trinajstić information content (AvgIpc) is 2.75. The molecule has 0 aliphatic heterocycles. The fourth-order valence-corrected chi connectivity index (χ4v) is 2.58. The molecule has 0 spiro atoms. The predicted molar refractivity (Wildman–Crippen MR) is 110 cm³/mol. The highest BCUT2D eigenvalue weighted by atomic mass is 16.5. The molecule has 3 aromatic carbocycles. The van der Waals surface area contributed by atoms with Crippen LogP contribution in [0.2, 0.25) is 0 Å². The van der Waals surface area contributed by atoms with E-state index in [9.17, 15) is 14.7 Å². The van der Waals surface area contributed by atoms with Crippen molar-refractivity contribution in [1.29, 1.82) is 0 Å². The van der Waals surface area contributed by atoms with Crippen LogP contribution in [0.25, 0.3) is 0 Å². The Kier molecular flexibility index (Phi) is 6.50. The normalized spacial score (nSPS) is 11.8. The Labute approximate surface area is 168 Å². The maximum atomic E-state index is 12.2. The number of benzene rings is 3. The summed E-state index contributed by atoms with van der Waals surface area (Å²) in [4.78, 5) is 24.1. The molecule has 3 rings (SSSR count). The Morgan fingerprint density at radius 1 is 1.00 bits per heavy atom. The van der Waals surface area contributed by atoms with Crippen molar-refractivity contribution in [2.24, 2.45) is 5.10 Å². The van der Waals surface area contributed by atoms with Gasteiger partial charge in [0.25, 0.3) is 5.91 Å². The van der Waals surface area contributed by atoms with Crippen LogP contribution < -0.4 is 10.2 Å². The van der Waals surface area contributed by atoms with Crippen LogP contribution in [-0.4, -0.2) is 23.2 Å². The third-order valence-corrected chi connectivity index (χ3v) is 4.10. The van der Waals surface area contributed by atoms with E-state index in [0.29, 0.717) is 22.4 Å². The summed E-state index contributed by atoms with van der Waals surface area (Å²) in [7, 11) is 0. The van der Waals surface area contributed by atoms with Gasteiger partial charge in [-0.05, 0) is 54.4 Å². The number of rotatable bonds is 6. The second-order valence-electron chi connectivity index (χ2n) is 6.38. The second kappa shape index (κ2) is 9.43. The molecule has 3 aromatic rings. The molecule has 0 bridgehead atoms. The lowest BCUT2D eigenvalue weighted by Gasteiger charge is -2.08. The maximum Gasteiger partial charge on any atom is 0.343 e. The maximum absolute atomic E-state index is 12.2. The smallest absolute Gasteiger partial charge is 0.343 e. The standard InChI is InChI=1S/C23H20N2O4/c1-16-6-5-9-19(14-16)23(28)29-20-12-10-17(11-13-20)15-24-25-22(27)21(26)18-7-3-2-4-8-18/h2-15,21,26H,1H3,(H,25,27)/b24-15-/t21-/m1/s1. The van der Waals surface area contributed by atoms with Crippen LogP contribution in [0.5, 0.6) is 5.75 Å². The van der Waals surface area contributed by atoms with Crippen molar-refractivity contribution in [3.8, 4) is 5.75 Å². The molecule has 0 saturated heterocycles. The van der Waals surface area contributed by atoms with Gasteiger partial charge in [0.1, 0.15) is 5.75 Å². The van der Waals surface area contributed by atoms with Gasteiger partial charge in [-0.2, -0.15) is 5.10 Å². The first kappa shape index (κ1) is 20.0. The lowest BCUT2D eigenvalue weighted by Crippen LogP contribution is -2.25. The summed E-state index contributed by atoms with van der Waals surface area (Å²) in [6.07, 6.45) is 0.138. The first-order chi connectivity index (χ1) is 14.0. The van der Waals surface area contributed by atoms with Gasteiger partial charge in [0.2, 0.25) is 0 Å². The third-order valence-electron chi connectivity index (χ3n) is 4.10. The van der Waals surface area contributed by atoms with Gasteiger partial charge in [-0.1, -0.05) is 48.0 Å². The van der Waals surface area contributed by atoms with Gasteiger partial charge in [0.15, 0.2) is 6.10 Å². The minimum absolute atomic E-state index is 0.400. The number of aliphatic hydroxyl groups is 1. The summed E-state index contributed by atoms with van der Waals surface area (Å²) in [6.45, 7) is 1.91. The number of aryl methyl sites for hydroxylation is 1. The Bertz CT molecular complexity index is 1010. The van der Waals surface area contributed by atoms with E-state index >= 15 is 0 Å². The van der Waals surface area contributed by atoms with E-state index < -0.39 is 18.0 Å². The van der Waals surface area contributed by atoms with E-state index in [0.717, 1.165) is 5.56 Å². The average molecular weight is 388 g/mol. The number of amides is 1. The summed E-state index contributed by atoms with van der Waals surface area (Å²) >= 11 is 0. The molecule has 0 aliphatic rings. The van der Waals surface area contributed by atoms with E-state index in [1.54, 1.807) is 72.8 Å². The summed E-state index contributed by atoms with van der Waals surface area (Å²) in [6, 6.07) is 22.4. The molecule has 2 N–H and O–H groups in total. The van der Waals surface area contributed by atoms with E-state index in [1.807, 2.05) is 13.0 Å². The molecule has 6 heteroatoms. The highest BCUT2D eigenvalue weighted by molar-refractivity contribution is 5.91. The summed E-state index contributed by atoms with van der Waals surface area (Å²) in [5, 5.41) is 13.8. The van der Waals surface area contributed by atoms with Gasteiger partial charge in [0, 0.05) is 0 Å². The van der Waals surface area contributed by atoms with Crippen LogP contribution in [0.15, 0.2) is 84.0 Å². The molecule has 1 atom stereocenters. The van der Waals surface area contributed by atoms with E-state index in [-0.39, 0.29) is 0 Å². The third kappa shape index (κ3) is 5.60. The van der Waals surface area contributed by atoms with Gasteiger partial charge in [-0.15, -0.1) is 0 Å². The molecule has 0 heterocycles. The zero-order chi connectivity index (χ0) is 20.6. The number of hydrazone groups is 1. The monoisotopic (exact) mass is 388 g/mol. The zero-order valence-corrected chi connectivity index (χ0v) is 15.8. The van der Waals surface area contributed by atoms with Crippen molar-refractivity contribution in [2.45, 2.75) is 13.0 Å². The van der Waals surface area contributed by atoms with Crippen molar-refractivity contribution in [2.75, 3.05) is 0 Å². The molecule has 29 heavy (non-hydrogen) atoms. The van der Waals surface area contributed by atoms with Crippen molar-refractivity contribution < 1.29 is 19.4 Å². The van der Waals surface area contributed by atoms with Crippen LogP contribution >= 0.6 is 0 Å². The lowest BCUT2D eigenvalue weighted by atomic mass is 10.1. The fourth-order valence-electron chi connectivity index (χ4n) is 2.58. The van der Waals surface area contributed by atoms with Crippen LogP contribution in [0.4, 0.5) is 0 Å². The van der Waals surface area contributed by atoms with Gasteiger partial charge in [-0.3, -0.25) is 4.79 Å². The Balaban J connectivity index is 1.55. The van der Waals surface area contributed by atoms with Crippen molar-refractivity contribution in [3.63, 3.8) is 0 Å². The van der Waals surface area contributed by atoms with Crippen LogP contribution in [0.1, 0.15) is 33.2 Å². The first-order valence-corrected chi connectivity index (χ1v) is 8.98. The minimum Gasteiger partial charge on any atom is -0.423 e. The second-order valence-corrected chi connectivity index (χ2v) is 6.38. The van der Waals surface area contributed by atoms with Gasteiger partial charge >= 0.3 is 5.97 Å². The molecule has 0 unspecified atom stereocenters. The van der Waals surface area contributed by atoms with Gasteiger partial charge < -0.3 is 9.84 Å². The molecular formula is C23H20N2O4. The Hall–Kier alpha value is -3.77. The van der Waals surface area contributed by atoms with Crippen molar-refractivity contribution in [3.05, 3.63) is 101 Å². The predicted octanol–water partition coefficient (Wildman–Crippen LogP) is 3.40. The highest BCUT2D eigenvalue weighted by Gasteiger charge is 2.15. The van der Waals surface area contributed by atoms with E-state index in [2.05, 4.69) is 10.5 Å². The number of carbonyl (C=O) groups excluding carboxylic acids is 2. The largest absolute Gasteiger partial charge is 0.423 e. The number of nitrogens with one attached hydrogen (secondary N) is 1. The fraction of sp³-hybridized carbons (Fsp3) is 0.0870. The number of hydrogen-bond acceptors (Lipinski definition) is 5. The molecule has 1 amide bonds. The molecule has 6 nitrogen and oxygen atoms in total. The number of aliphatic hydroxyl groups excluding tert-OH is 1. The molecule has 146 valence electrons.